The lowest BCUT2D eigenvalue weighted by molar-refractivity contribution is -0.163. The van der Waals surface area contributed by atoms with Crippen LogP contribution in [0.15, 0.2) is 0 Å². The normalized spacial score (nSPS) is 20.2. The van der Waals surface area contributed by atoms with Crippen molar-refractivity contribution in [2.45, 2.75) is 97.8 Å². The van der Waals surface area contributed by atoms with E-state index in [2.05, 4.69) is 20.8 Å². The molecule has 0 heterocycles. The molecule has 1 fully saturated rings. The van der Waals surface area contributed by atoms with Gasteiger partial charge in [0, 0.05) is 0 Å². The molecule has 0 aromatic carbocycles. The lowest BCUT2D eigenvalue weighted by Gasteiger charge is -2.28. The lowest BCUT2D eigenvalue weighted by atomic mass is 9.79. The van der Waals surface area contributed by atoms with Crippen LogP contribution in [0.25, 0.3) is 0 Å². The minimum absolute atomic E-state index is 0.193. The molecule has 0 bridgehead atoms. The number of carbonyl (C=O) groups excluding carboxylic acids is 2. The zero-order valence-electron chi connectivity index (χ0n) is 17.3. The second kappa shape index (κ2) is 14.1. The van der Waals surface area contributed by atoms with Crippen LogP contribution < -0.4 is 0 Å². The molecule has 26 heavy (non-hydrogen) atoms. The van der Waals surface area contributed by atoms with Gasteiger partial charge in [0.1, 0.15) is 0 Å². The summed E-state index contributed by atoms with van der Waals surface area (Å²) in [5.41, 5.74) is 0. The summed E-state index contributed by atoms with van der Waals surface area (Å²) in [4.78, 5) is 24.7. The Morgan fingerprint density at radius 3 is 1.85 bits per heavy atom. The van der Waals surface area contributed by atoms with E-state index in [4.69, 9.17) is 9.47 Å². The Morgan fingerprint density at radius 2 is 1.31 bits per heavy atom. The highest BCUT2D eigenvalue weighted by atomic mass is 16.5. The van der Waals surface area contributed by atoms with E-state index in [0.717, 1.165) is 57.3 Å². The summed E-state index contributed by atoms with van der Waals surface area (Å²) in [5.74, 6) is -0.215. The topological polar surface area (TPSA) is 52.6 Å². The summed E-state index contributed by atoms with van der Waals surface area (Å²) in [6.07, 6.45) is 12.5. The smallest absolute Gasteiger partial charge is 0.309 e. The first-order chi connectivity index (χ1) is 12.6. The van der Waals surface area contributed by atoms with Crippen molar-refractivity contribution < 1.29 is 19.1 Å². The number of hydrogen-bond donors (Lipinski definition) is 0. The second-order valence-electron chi connectivity index (χ2n) is 8.14. The Kier molecular flexibility index (Phi) is 12.4. The largest absolute Gasteiger partial charge is 0.465 e. The van der Waals surface area contributed by atoms with Crippen molar-refractivity contribution in [1.82, 2.24) is 0 Å². The van der Waals surface area contributed by atoms with E-state index < -0.39 is 0 Å². The third-order valence-electron chi connectivity index (χ3n) is 5.28. The van der Waals surface area contributed by atoms with Crippen LogP contribution >= 0.6 is 0 Å². The molecule has 1 saturated carbocycles. The van der Waals surface area contributed by atoms with E-state index in [1.807, 2.05) is 0 Å². The van der Waals surface area contributed by atoms with Crippen LogP contribution in [0.4, 0.5) is 0 Å². The van der Waals surface area contributed by atoms with Gasteiger partial charge in [0.05, 0.1) is 25.0 Å². The van der Waals surface area contributed by atoms with Gasteiger partial charge in [-0.1, -0.05) is 72.1 Å². The number of esters is 2. The van der Waals surface area contributed by atoms with Gasteiger partial charge in [-0.3, -0.25) is 9.59 Å². The van der Waals surface area contributed by atoms with Gasteiger partial charge in [-0.25, -0.2) is 0 Å². The van der Waals surface area contributed by atoms with Crippen LogP contribution in [0.1, 0.15) is 97.8 Å². The number of hydrogen-bond acceptors (Lipinski definition) is 4. The first kappa shape index (κ1) is 23.0. The van der Waals surface area contributed by atoms with Gasteiger partial charge >= 0.3 is 11.9 Å². The van der Waals surface area contributed by atoms with Crippen LogP contribution in [0.5, 0.6) is 0 Å². The Morgan fingerprint density at radius 1 is 0.808 bits per heavy atom. The predicted octanol–water partition coefficient (Wildman–Crippen LogP) is 5.68. The molecule has 2 unspecified atom stereocenters. The Hall–Kier alpha value is -1.06. The van der Waals surface area contributed by atoms with Crippen molar-refractivity contribution in [3.05, 3.63) is 0 Å². The minimum atomic E-state index is -0.302. The fraction of sp³-hybridized carbons (Fsp3) is 0.909. The molecule has 1 rings (SSSR count). The van der Waals surface area contributed by atoms with E-state index in [9.17, 15) is 9.59 Å². The van der Waals surface area contributed by atoms with Crippen LogP contribution in [0, 0.1) is 17.8 Å². The highest BCUT2D eigenvalue weighted by Gasteiger charge is 2.37. The van der Waals surface area contributed by atoms with Crippen molar-refractivity contribution in [2.24, 2.45) is 17.8 Å². The van der Waals surface area contributed by atoms with Crippen LogP contribution in [-0.4, -0.2) is 25.2 Å². The van der Waals surface area contributed by atoms with Gasteiger partial charge in [0.2, 0.25) is 0 Å². The molecular formula is C22H40O4. The molecule has 1 aliphatic carbocycles. The summed E-state index contributed by atoms with van der Waals surface area (Å²) in [6.45, 7) is 7.54. The van der Waals surface area contributed by atoms with Crippen LogP contribution in [0.2, 0.25) is 0 Å². The lowest BCUT2D eigenvalue weighted by Crippen LogP contribution is -2.35. The van der Waals surface area contributed by atoms with Crippen molar-refractivity contribution in [3.63, 3.8) is 0 Å². The van der Waals surface area contributed by atoms with E-state index in [1.165, 1.54) is 25.7 Å². The van der Waals surface area contributed by atoms with Crippen molar-refractivity contribution in [3.8, 4) is 0 Å². The van der Waals surface area contributed by atoms with Gasteiger partial charge in [-0.15, -0.1) is 0 Å². The van der Waals surface area contributed by atoms with Crippen molar-refractivity contribution >= 4 is 11.9 Å². The molecule has 0 aromatic heterocycles. The highest BCUT2D eigenvalue weighted by Crippen LogP contribution is 2.32. The average Bonchev–Trinajstić information content (AvgIpc) is 2.63. The van der Waals surface area contributed by atoms with Crippen molar-refractivity contribution in [1.29, 1.82) is 0 Å². The van der Waals surface area contributed by atoms with Gasteiger partial charge in [-0.2, -0.15) is 0 Å². The summed E-state index contributed by atoms with van der Waals surface area (Å²) >= 11 is 0. The molecule has 0 aliphatic heterocycles. The minimum Gasteiger partial charge on any atom is -0.465 e. The molecule has 4 heteroatoms. The monoisotopic (exact) mass is 368 g/mol. The zero-order valence-corrected chi connectivity index (χ0v) is 17.3. The third-order valence-corrected chi connectivity index (χ3v) is 5.28. The fourth-order valence-electron chi connectivity index (χ4n) is 3.58. The predicted molar refractivity (Wildman–Crippen MR) is 105 cm³/mol. The Balaban J connectivity index is 2.22. The molecule has 0 N–H and O–H groups in total. The Bertz CT molecular complexity index is 392. The molecular weight excluding hydrogens is 328 g/mol. The quantitative estimate of drug-likeness (QED) is 0.310. The molecule has 0 aromatic rings. The second-order valence-corrected chi connectivity index (χ2v) is 8.14. The first-order valence-electron chi connectivity index (χ1n) is 10.9. The Labute approximate surface area is 160 Å². The molecule has 1 aliphatic rings. The van der Waals surface area contributed by atoms with Gasteiger partial charge in [0.15, 0.2) is 0 Å². The fourth-order valence-corrected chi connectivity index (χ4v) is 3.58. The third kappa shape index (κ3) is 9.59. The van der Waals surface area contributed by atoms with Crippen LogP contribution in [0.3, 0.4) is 0 Å². The maximum absolute atomic E-state index is 12.4. The van der Waals surface area contributed by atoms with Crippen LogP contribution in [-0.2, 0) is 19.1 Å². The molecule has 0 radical (unpaired) electrons. The first-order valence-corrected chi connectivity index (χ1v) is 10.9. The standard InChI is InChI=1S/C22H40O4/c1-4-5-16-25-21(23)19-14-10-11-15-20(19)22(24)26-17-12-8-6-7-9-13-18(2)3/h18-20H,4-17H2,1-3H3. The summed E-state index contributed by atoms with van der Waals surface area (Å²) in [5, 5.41) is 0. The average molecular weight is 369 g/mol. The van der Waals surface area contributed by atoms with E-state index in [0.29, 0.717) is 13.2 Å². The number of ether oxygens (including phenoxy) is 2. The molecule has 152 valence electrons. The number of carbonyl (C=O) groups is 2. The molecule has 0 saturated heterocycles. The maximum atomic E-state index is 12.4. The molecule has 2 atom stereocenters. The highest BCUT2D eigenvalue weighted by molar-refractivity contribution is 5.82. The van der Waals surface area contributed by atoms with Gasteiger partial charge in [0.25, 0.3) is 0 Å². The van der Waals surface area contributed by atoms with Gasteiger partial charge in [-0.05, 0) is 31.6 Å². The molecule has 0 spiro atoms. The summed E-state index contributed by atoms with van der Waals surface area (Å²) in [6, 6.07) is 0. The van der Waals surface area contributed by atoms with E-state index in [-0.39, 0.29) is 23.8 Å². The SMILES string of the molecule is CCCCOC(=O)C1CCCCC1C(=O)OCCCCCCCC(C)C. The number of unbranched alkanes of at least 4 members (excludes halogenated alkanes) is 5. The summed E-state index contributed by atoms with van der Waals surface area (Å²) < 4.78 is 10.8. The molecule has 0 amide bonds. The maximum Gasteiger partial charge on any atom is 0.309 e. The molecule has 4 nitrogen and oxygen atoms in total. The van der Waals surface area contributed by atoms with Gasteiger partial charge < -0.3 is 9.47 Å². The summed E-state index contributed by atoms with van der Waals surface area (Å²) in [7, 11) is 0. The van der Waals surface area contributed by atoms with E-state index >= 15 is 0 Å². The zero-order chi connectivity index (χ0) is 19.2. The van der Waals surface area contributed by atoms with E-state index in [1.54, 1.807) is 0 Å². The van der Waals surface area contributed by atoms with Crippen molar-refractivity contribution in [2.75, 3.05) is 13.2 Å². The number of rotatable bonds is 13.